The number of ether oxygens (including phenoxy) is 3. The summed E-state index contributed by atoms with van der Waals surface area (Å²) >= 11 is 2.09. The van der Waals surface area contributed by atoms with Gasteiger partial charge in [0.05, 0.1) is 19.8 Å². The van der Waals surface area contributed by atoms with Gasteiger partial charge in [-0.15, -0.1) is 6.42 Å². The summed E-state index contributed by atoms with van der Waals surface area (Å²) in [6, 6.07) is 0. The van der Waals surface area contributed by atoms with Gasteiger partial charge < -0.3 is 14.2 Å². The molecule has 1 unspecified atom stereocenters. The topological polar surface area (TPSA) is 27.7 Å². The van der Waals surface area contributed by atoms with Crippen LogP contribution in [0.15, 0.2) is 0 Å². The lowest BCUT2D eigenvalue weighted by Crippen LogP contribution is -2.48. The van der Waals surface area contributed by atoms with E-state index >= 15 is 0 Å². The third-order valence-corrected chi connectivity index (χ3v) is 3.59. The van der Waals surface area contributed by atoms with Gasteiger partial charge in [0, 0.05) is 5.41 Å². The minimum absolute atomic E-state index is 0.0597. The van der Waals surface area contributed by atoms with Crippen molar-refractivity contribution >= 4 is 22.6 Å². The second-order valence-corrected chi connectivity index (χ2v) is 5.76. The molecule has 0 amide bonds. The zero-order chi connectivity index (χ0) is 12.2. The first-order valence-corrected chi connectivity index (χ1v) is 6.67. The minimum Gasteiger partial charge on any atom is -0.355 e. The molecule has 1 saturated heterocycles. The molecule has 0 aliphatic carbocycles. The lowest BCUT2D eigenvalue weighted by Gasteiger charge is -2.42. The smallest absolute Gasteiger partial charge is 0.169 e. The SMILES string of the molecule is C#CC(I)OCC1(CC)COC(C)(C)OC1. The van der Waals surface area contributed by atoms with E-state index in [1.54, 1.807) is 0 Å². The van der Waals surface area contributed by atoms with Crippen LogP contribution < -0.4 is 0 Å². The second-order valence-electron chi connectivity index (χ2n) is 4.62. The summed E-state index contributed by atoms with van der Waals surface area (Å²) < 4.78 is 16.8. The fourth-order valence-electron chi connectivity index (χ4n) is 1.42. The van der Waals surface area contributed by atoms with Gasteiger partial charge in [-0.1, -0.05) is 12.8 Å². The highest BCUT2D eigenvalue weighted by Gasteiger charge is 2.39. The summed E-state index contributed by atoms with van der Waals surface area (Å²) in [5.74, 6) is 2.07. The van der Waals surface area contributed by atoms with Crippen LogP contribution in [0.4, 0.5) is 0 Å². The van der Waals surface area contributed by atoms with Gasteiger partial charge in [0.1, 0.15) is 0 Å². The molecule has 0 radical (unpaired) electrons. The van der Waals surface area contributed by atoms with Crippen molar-refractivity contribution in [3.05, 3.63) is 0 Å². The van der Waals surface area contributed by atoms with Crippen molar-refractivity contribution in [1.82, 2.24) is 0 Å². The lowest BCUT2D eigenvalue weighted by atomic mass is 9.87. The molecule has 0 aromatic carbocycles. The Hall–Kier alpha value is 0.170. The van der Waals surface area contributed by atoms with Gasteiger partial charge >= 0.3 is 0 Å². The number of rotatable bonds is 4. The Morgan fingerprint density at radius 2 is 2.00 bits per heavy atom. The summed E-state index contributed by atoms with van der Waals surface area (Å²) in [6.07, 6.45) is 6.23. The maximum absolute atomic E-state index is 5.68. The van der Waals surface area contributed by atoms with Gasteiger partial charge in [0.15, 0.2) is 9.90 Å². The average Bonchev–Trinajstić information content (AvgIpc) is 2.28. The van der Waals surface area contributed by atoms with Crippen molar-refractivity contribution in [2.75, 3.05) is 19.8 Å². The van der Waals surface area contributed by atoms with E-state index in [1.165, 1.54) is 0 Å². The first-order chi connectivity index (χ1) is 7.43. The van der Waals surface area contributed by atoms with Crippen molar-refractivity contribution in [2.24, 2.45) is 5.41 Å². The molecule has 1 atom stereocenters. The van der Waals surface area contributed by atoms with Crippen LogP contribution in [0.1, 0.15) is 27.2 Å². The Morgan fingerprint density at radius 1 is 1.44 bits per heavy atom. The predicted octanol–water partition coefficient (Wildman–Crippen LogP) is 2.58. The Kier molecular flexibility index (Phi) is 5.05. The number of hydrogen-bond donors (Lipinski definition) is 0. The highest BCUT2D eigenvalue weighted by Crippen LogP contribution is 2.33. The molecule has 3 nitrogen and oxygen atoms in total. The van der Waals surface area contributed by atoms with Crippen LogP contribution >= 0.6 is 22.6 Å². The Bertz CT molecular complexity index is 260. The van der Waals surface area contributed by atoms with Crippen LogP contribution in [0.25, 0.3) is 0 Å². The van der Waals surface area contributed by atoms with Gasteiger partial charge in [-0.05, 0) is 42.9 Å². The van der Waals surface area contributed by atoms with Crippen molar-refractivity contribution in [2.45, 2.75) is 37.1 Å². The number of halogens is 1. The minimum atomic E-state index is -0.478. The van der Waals surface area contributed by atoms with Gasteiger partial charge in [-0.3, -0.25) is 0 Å². The van der Waals surface area contributed by atoms with Gasteiger partial charge in [0.25, 0.3) is 0 Å². The molecular formula is C12H19IO3. The highest BCUT2D eigenvalue weighted by molar-refractivity contribution is 14.1. The molecule has 1 aliphatic rings. The second kappa shape index (κ2) is 5.67. The van der Waals surface area contributed by atoms with Crippen LogP contribution in [0, 0.1) is 17.8 Å². The third kappa shape index (κ3) is 3.88. The molecule has 0 aromatic heterocycles. The molecule has 1 aliphatic heterocycles. The highest BCUT2D eigenvalue weighted by atomic mass is 127. The standard InChI is InChI=1S/C12H19IO3/c1-5-10(13)14-7-12(6-2)8-15-11(3,4)16-9-12/h1,10H,6-9H2,2-4H3. The van der Waals surface area contributed by atoms with Crippen LogP contribution in [-0.2, 0) is 14.2 Å². The summed E-state index contributed by atoms with van der Waals surface area (Å²) in [5, 5.41) is 0. The summed E-state index contributed by atoms with van der Waals surface area (Å²) in [4.78, 5) is 0. The van der Waals surface area contributed by atoms with E-state index in [2.05, 4.69) is 35.4 Å². The molecule has 1 fully saturated rings. The zero-order valence-corrected chi connectivity index (χ0v) is 12.2. The van der Waals surface area contributed by atoms with Crippen molar-refractivity contribution in [3.8, 4) is 12.3 Å². The molecule has 0 N–H and O–H groups in total. The maximum atomic E-state index is 5.68. The fourth-order valence-corrected chi connectivity index (χ4v) is 1.60. The number of alkyl halides is 1. The molecule has 1 heterocycles. The molecule has 1 rings (SSSR count). The maximum Gasteiger partial charge on any atom is 0.169 e. The summed E-state index contributed by atoms with van der Waals surface area (Å²) in [6.45, 7) is 7.87. The summed E-state index contributed by atoms with van der Waals surface area (Å²) in [7, 11) is 0. The first-order valence-electron chi connectivity index (χ1n) is 5.43. The van der Waals surface area contributed by atoms with Crippen LogP contribution in [0.3, 0.4) is 0 Å². The van der Waals surface area contributed by atoms with Crippen molar-refractivity contribution in [1.29, 1.82) is 0 Å². The van der Waals surface area contributed by atoms with E-state index in [9.17, 15) is 0 Å². The number of hydrogen-bond acceptors (Lipinski definition) is 3. The van der Waals surface area contributed by atoms with E-state index in [4.69, 9.17) is 20.6 Å². The van der Waals surface area contributed by atoms with Gasteiger partial charge in [0.2, 0.25) is 0 Å². The van der Waals surface area contributed by atoms with Crippen molar-refractivity contribution < 1.29 is 14.2 Å². The van der Waals surface area contributed by atoms with Crippen LogP contribution in [0.2, 0.25) is 0 Å². The normalized spacial score (nSPS) is 24.7. The van der Waals surface area contributed by atoms with Gasteiger partial charge in [-0.2, -0.15) is 0 Å². The largest absolute Gasteiger partial charge is 0.355 e. The monoisotopic (exact) mass is 338 g/mol. The fraction of sp³-hybridized carbons (Fsp3) is 0.833. The van der Waals surface area contributed by atoms with E-state index in [0.29, 0.717) is 19.8 Å². The lowest BCUT2D eigenvalue weighted by molar-refractivity contribution is -0.292. The summed E-state index contributed by atoms with van der Waals surface area (Å²) in [5.41, 5.74) is -0.0597. The molecule has 0 bridgehead atoms. The van der Waals surface area contributed by atoms with E-state index in [-0.39, 0.29) is 9.53 Å². The van der Waals surface area contributed by atoms with Gasteiger partial charge in [-0.25, -0.2) is 0 Å². The molecule has 0 spiro atoms. The Morgan fingerprint density at radius 3 is 2.44 bits per heavy atom. The van der Waals surface area contributed by atoms with E-state index < -0.39 is 5.79 Å². The molecule has 0 saturated carbocycles. The molecular weight excluding hydrogens is 319 g/mol. The first kappa shape index (κ1) is 14.2. The van der Waals surface area contributed by atoms with Crippen LogP contribution in [0.5, 0.6) is 0 Å². The van der Waals surface area contributed by atoms with E-state index in [0.717, 1.165) is 6.42 Å². The quantitative estimate of drug-likeness (QED) is 0.448. The Balaban J connectivity index is 2.50. The molecule has 92 valence electrons. The molecule has 4 heteroatoms. The molecule has 16 heavy (non-hydrogen) atoms. The third-order valence-electron chi connectivity index (χ3n) is 2.87. The van der Waals surface area contributed by atoms with Crippen molar-refractivity contribution in [3.63, 3.8) is 0 Å². The zero-order valence-electron chi connectivity index (χ0n) is 10.1. The Labute approximate surface area is 111 Å². The van der Waals surface area contributed by atoms with Crippen LogP contribution in [-0.4, -0.2) is 29.7 Å². The number of terminal acetylenes is 1. The average molecular weight is 338 g/mol. The van der Waals surface area contributed by atoms with E-state index in [1.807, 2.05) is 13.8 Å². The predicted molar refractivity (Wildman–Crippen MR) is 71.3 cm³/mol. The molecule has 0 aromatic rings.